The molecule has 0 bridgehead atoms. The van der Waals surface area contributed by atoms with Crippen LogP contribution in [0.1, 0.15) is 32.1 Å². The van der Waals surface area contributed by atoms with Crippen LogP contribution in [0.2, 0.25) is 0 Å². The zero-order valence-corrected chi connectivity index (χ0v) is 11.7. The van der Waals surface area contributed by atoms with Crippen molar-refractivity contribution in [1.82, 2.24) is 9.80 Å². The molecular weight excluding hydrogens is 264 g/mol. The number of piperidine rings is 1. The summed E-state index contributed by atoms with van der Waals surface area (Å²) in [6.07, 6.45) is 3.21. The van der Waals surface area contributed by atoms with Crippen LogP contribution in [0.15, 0.2) is 0 Å². The number of aliphatic hydroxyl groups is 2. The molecule has 1 aliphatic heterocycles. The maximum atomic E-state index is 12.4. The molecule has 0 aromatic rings. The largest absolute Gasteiger partial charge is 0.481 e. The van der Waals surface area contributed by atoms with E-state index in [-0.39, 0.29) is 44.8 Å². The lowest BCUT2D eigenvalue weighted by Crippen LogP contribution is -2.51. The van der Waals surface area contributed by atoms with Crippen LogP contribution >= 0.6 is 0 Å². The Balaban J connectivity index is 2.66. The van der Waals surface area contributed by atoms with E-state index < -0.39 is 5.97 Å². The van der Waals surface area contributed by atoms with Crippen LogP contribution in [0.3, 0.4) is 0 Å². The van der Waals surface area contributed by atoms with Crippen molar-refractivity contribution in [1.29, 1.82) is 0 Å². The van der Waals surface area contributed by atoms with E-state index in [1.807, 2.05) is 0 Å². The van der Waals surface area contributed by atoms with E-state index in [0.29, 0.717) is 13.0 Å². The maximum Gasteiger partial charge on any atom is 0.320 e. The van der Waals surface area contributed by atoms with E-state index in [0.717, 1.165) is 19.3 Å². The van der Waals surface area contributed by atoms with Gasteiger partial charge in [-0.25, -0.2) is 4.79 Å². The van der Waals surface area contributed by atoms with Gasteiger partial charge in [-0.3, -0.25) is 4.79 Å². The fourth-order valence-corrected chi connectivity index (χ4v) is 2.57. The number of carboxylic acid groups (broad SMARTS) is 1. The number of hydrogen-bond acceptors (Lipinski definition) is 4. The first-order valence-electron chi connectivity index (χ1n) is 7.09. The molecule has 7 nitrogen and oxygen atoms in total. The molecule has 1 unspecified atom stereocenters. The van der Waals surface area contributed by atoms with E-state index in [1.54, 1.807) is 4.90 Å². The number of carbonyl (C=O) groups excluding carboxylic acids is 1. The number of nitrogens with zero attached hydrogens (tertiary/aromatic N) is 2. The lowest BCUT2D eigenvalue weighted by molar-refractivity contribution is -0.137. The molecule has 1 fully saturated rings. The Labute approximate surface area is 118 Å². The average Bonchev–Trinajstić information content (AvgIpc) is 2.44. The molecule has 116 valence electrons. The third-order valence-electron chi connectivity index (χ3n) is 3.57. The third-order valence-corrected chi connectivity index (χ3v) is 3.57. The van der Waals surface area contributed by atoms with Gasteiger partial charge in [0.2, 0.25) is 0 Å². The minimum Gasteiger partial charge on any atom is -0.481 e. The summed E-state index contributed by atoms with van der Waals surface area (Å²) < 4.78 is 0. The number of urea groups is 1. The molecule has 1 atom stereocenters. The Morgan fingerprint density at radius 3 is 2.35 bits per heavy atom. The van der Waals surface area contributed by atoms with Crippen molar-refractivity contribution in [3.8, 4) is 0 Å². The number of carboxylic acids is 1. The van der Waals surface area contributed by atoms with Gasteiger partial charge >= 0.3 is 12.0 Å². The summed E-state index contributed by atoms with van der Waals surface area (Å²) in [6.45, 7) is 0.665. The monoisotopic (exact) mass is 288 g/mol. The van der Waals surface area contributed by atoms with E-state index in [4.69, 9.17) is 15.3 Å². The SMILES string of the molecule is O=C(O)CCC1CCCCN1C(=O)N(CCO)CCO. The number of aliphatic carboxylic acids is 1. The zero-order valence-electron chi connectivity index (χ0n) is 11.7. The second-order valence-corrected chi connectivity index (χ2v) is 4.99. The molecule has 3 N–H and O–H groups in total. The van der Waals surface area contributed by atoms with Crippen LogP contribution in [-0.4, -0.2) is 76.0 Å². The average molecular weight is 288 g/mol. The van der Waals surface area contributed by atoms with E-state index in [2.05, 4.69) is 0 Å². The molecule has 0 saturated carbocycles. The van der Waals surface area contributed by atoms with Gasteiger partial charge in [0.15, 0.2) is 0 Å². The van der Waals surface area contributed by atoms with Crippen molar-refractivity contribution in [3.05, 3.63) is 0 Å². The molecule has 0 spiro atoms. The highest BCUT2D eigenvalue weighted by atomic mass is 16.4. The van der Waals surface area contributed by atoms with Gasteiger partial charge in [-0.1, -0.05) is 0 Å². The van der Waals surface area contributed by atoms with E-state index in [9.17, 15) is 9.59 Å². The second kappa shape index (κ2) is 8.76. The van der Waals surface area contributed by atoms with Gasteiger partial charge in [-0.15, -0.1) is 0 Å². The Bertz CT molecular complexity index is 318. The number of carbonyl (C=O) groups is 2. The van der Waals surface area contributed by atoms with Crippen LogP contribution in [0.25, 0.3) is 0 Å². The van der Waals surface area contributed by atoms with Crippen molar-refractivity contribution in [3.63, 3.8) is 0 Å². The van der Waals surface area contributed by atoms with Crippen LogP contribution in [-0.2, 0) is 4.79 Å². The molecule has 7 heteroatoms. The van der Waals surface area contributed by atoms with E-state index in [1.165, 1.54) is 4.90 Å². The minimum atomic E-state index is -0.856. The first-order valence-corrected chi connectivity index (χ1v) is 7.09. The summed E-state index contributed by atoms with van der Waals surface area (Å²) in [4.78, 5) is 26.2. The minimum absolute atomic E-state index is 0.0500. The molecule has 1 rings (SSSR count). The molecular formula is C13H24N2O5. The maximum absolute atomic E-state index is 12.4. The van der Waals surface area contributed by atoms with Crippen molar-refractivity contribution in [2.24, 2.45) is 0 Å². The van der Waals surface area contributed by atoms with Crippen molar-refractivity contribution in [2.75, 3.05) is 32.8 Å². The third kappa shape index (κ3) is 4.97. The molecule has 0 aromatic heterocycles. The number of rotatable bonds is 7. The number of hydrogen-bond donors (Lipinski definition) is 3. The number of likely N-dealkylation sites (tertiary alicyclic amines) is 1. The predicted molar refractivity (Wildman–Crippen MR) is 72.4 cm³/mol. The first-order chi connectivity index (χ1) is 9.60. The number of aliphatic hydroxyl groups excluding tert-OH is 2. The van der Waals surface area contributed by atoms with Gasteiger partial charge in [0.05, 0.1) is 13.2 Å². The summed E-state index contributed by atoms with van der Waals surface area (Å²) in [5.41, 5.74) is 0. The van der Waals surface area contributed by atoms with Crippen molar-refractivity contribution >= 4 is 12.0 Å². The lowest BCUT2D eigenvalue weighted by atomic mass is 9.98. The topological polar surface area (TPSA) is 101 Å². The van der Waals surface area contributed by atoms with Gasteiger partial charge in [0.1, 0.15) is 0 Å². The Morgan fingerprint density at radius 1 is 1.15 bits per heavy atom. The van der Waals surface area contributed by atoms with Crippen LogP contribution in [0.4, 0.5) is 4.79 Å². The van der Waals surface area contributed by atoms with Crippen molar-refractivity contribution in [2.45, 2.75) is 38.1 Å². The Morgan fingerprint density at radius 2 is 1.80 bits per heavy atom. The molecule has 0 aromatic carbocycles. The standard InChI is InChI=1S/C13H24N2O5/c16-9-7-14(8-10-17)13(20)15-6-2-1-3-11(15)4-5-12(18)19/h11,16-17H,1-10H2,(H,18,19). The molecule has 0 aliphatic carbocycles. The summed E-state index contributed by atoms with van der Waals surface area (Å²) in [6, 6.07) is -0.282. The summed E-state index contributed by atoms with van der Waals surface area (Å²) >= 11 is 0. The highest BCUT2D eigenvalue weighted by Crippen LogP contribution is 2.22. The second-order valence-electron chi connectivity index (χ2n) is 4.99. The quantitative estimate of drug-likeness (QED) is 0.617. The van der Waals surface area contributed by atoms with Gasteiger partial charge in [0, 0.05) is 32.1 Å². The molecule has 1 aliphatic rings. The number of amides is 2. The van der Waals surface area contributed by atoms with Crippen LogP contribution < -0.4 is 0 Å². The van der Waals surface area contributed by atoms with Gasteiger partial charge < -0.3 is 25.1 Å². The zero-order chi connectivity index (χ0) is 15.0. The molecule has 2 amide bonds. The summed E-state index contributed by atoms with van der Waals surface area (Å²) in [7, 11) is 0. The van der Waals surface area contributed by atoms with E-state index >= 15 is 0 Å². The Kier molecular flexibility index (Phi) is 7.32. The lowest BCUT2D eigenvalue weighted by Gasteiger charge is -2.38. The van der Waals surface area contributed by atoms with Gasteiger partial charge in [-0.05, 0) is 25.7 Å². The molecule has 1 heterocycles. The normalized spacial score (nSPS) is 18.9. The Hall–Kier alpha value is -1.34. The van der Waals surface area contributed by atoms with Crippen LogP contribution in [0.5, 0.6) is 0 Å². The molecule has 1 saturated heterocycles. The van der Waals surface area contributed by atoms with Gasteiger partial charge in [0.25, 0.3) is 0 Å². The summed E-state index contributed by atoms with van der Waals surface area (Å²) in [5, 5.41) is 26.7. The van der Waals surface area contributed by atoms with Crippen LogP contribution in [0, 0.1) is 0 Å². The molecule has 0 radical (unpaired) electrons. The highest BCUT2D eigenvalue weighted by Gasteiger charge is 2.29. The fraction of sp³-hybridized carbons (Fsp3) is 0.846. The molecule has 20 heavy (non-hydrogen) atoms. The first kappa shape index (κ1) is 16.7. The van der Waals surface area contributed by atoms with Gasteiger partial charge in [-0.2, -0.15) is 0 Å². The highest BCUT2D eigenvalue weighted by molar-refractivity contribution is 5.75. The van der Waals surface area contributed by atoms with Crippen molar-refractivity contribution < 1.29 is 24.9 Å². The summed E-state index contributed by atoms with van der Waals surface area (Å²) in [5.74, 6) is -0.856. The predicted octanol–water partition coefficient (Wildman–Crippen LogP) is 0.112. The smallest absolute Gasteiger partial charge is 0.320 e. The fourth-order valence-electron chi connectivity index (χ4n) is 2.57.